The van der Waals surface area contributed by atoms with E-state index in [1.807, 2.05) is 0 Å². The lowest BCUT2D eigenvalue weighted by Crippen LogP contribution is -2.61. The maximum Gasteiger partial charge on any atom is 0.328 e. The maximum atomic E-state index is 11.3. The van der Waals surface area contributed by atoms with Crippen LogP contribution in [0.2, 0.25) is 0 Å². The molecule has 13 heavy (non-hydrogen) atoms. The van der Waals surface area contributed by atoms with Gasteiger partial charge in [0.2, 0.25) is 5.91 Å². The number of nitrogens with zero attached hydrogens (tertiary/aromatic N) is 1. The Balaban J connectivity index is 2.09. The van der Waals surface area contributed by atoms with Crippen molar-refractivity contribution in [1.82, 2.24) is 4.90 Å². The molecule has 2 rings (SSSR count). The molecule has 2 heterocycles. The van der Waals surface area contributed by atoms with E-state index in [-0.39, 0.29) is 23.3 Å². The molecule has 0 aromatic rings. The molecule has 0 N–H and O–H groups in total. The van der Waals surface area contributed by atoms with Crippen molar-refractivity contribution in [1.29, 1.82) is 0 Å². The van der Waals surface area contributed by atoms with Gasteiger partial charge in [-0.25, -0.2) is 4.79 Å². The number of esters is 1. The van der Waals surface area contributed by atoms with Gasteiger partial charge in [-0.15, -0.1) is 11.8 Å². The van der Waals surface area contributed by atoms with Crippen LogP contribution in [0.5, 0.6) is 0 Å². The minimum atomic E-state index is -0.322. The van der Waals surface area contributed by atoms with E-state index in [2.05, 4.69) is 4.74 Å². The number of methoxy groups -OCH3 is 1. The number of hydrogen-bond acceptors (Lipinski definition) is 4. The van der Waals surface area contributed by atoms with Crippen molar-refractivity contribution in [2.75, 3.05) is 12.9 Å². The van der Waals surface area contributed by atoms with Crippen LogP contribution in [0.3, 0.4) is 0 Å². The molecule has 2 atom stereocenters. The van der Waals surface area contributed by atoms with E-state index in [1.54, 1.807) is 16.7 Å². The largest absolute Gasteiger partial charge is 0.467 e. The third-order valence-corrected chi connectivity index (χ3v) is 3.71. The number of amides is 1. The SMILES string of the molecule is COC(=O)C1CCS[C@@H]2CC(=O)N12. The number of carbonyl (C=O) groups excluding carboxylic acids is 2. The summed E-state index contributed by atoms with van der Waals surface area (Å²) in [5.74, 6) is 0.736. The molecule has 2 fully saturated rings. The third-order valence-electron chi connectivity index (χ3n) is 2.46. The average Bonchev–Trinajstić information content (AvgIpc) is 2.14. The molecule has 1 amide bonds. The fourth-order valence-electron chi connectivity index (χ4n) is 1.74. The van der Waals surface area contributed by atoms with E-state index in [9.17, 15) is 9.59 Å². The van der Waals surface area contributed by atoms with Crippen LogP contribution in [0.1, 0.15) is 12.8 Å². The molecule has 0 spiro atoms. The molecule has 0 saturated carbocycles. The van der Waals surface area contributed by atoms with Crippen molar-refractivity contribution in [2.24, 2.45) is 0 Å². The molecule has 0 radical (unpaired) electrons. The first-order valence-corrected chi connectivity index (χ1v) is 5.29. The van der Waals surface area contributed by atoms with Crippen LogP contribution in [0.4, 0.5) is 0 Å². The van der Waals surface area contributed by atoms with Crippen LogP contribution < -0.4 is 0 Å². The molecule has 0 aromatic heterocycles. The lowest BCUT2D eigenvalue weighted by Gasteiger charge is -2.47. The number of β-lactam (4-membered cyclic amide) rings is 1. The Bertz CT molecular complexity index is 256. The summed E-state index contributed by atoms with van der Waals surface area (Å²) in [6, 6.07) is -0.322. The van der Waals surface area contributed by atoms with Gasteiger partial charge >= 0.3 is 5.97 Å². The molecule has 0 aliphatic carbocycles. The minimum Gasteiger partial charge on any atom is -0.467 e. The summed E-state index contributed by atoms with van der Waals surface area (Å²) >= 11 is 1.75. The van der Waals surface area contributed by atoms with Crippen molar-refractivity contribution in [3.8, 4) is 0 Å². The summed E-state index contributed by atoms with van der Waals surface area (Å²) in [5.41, 5.74) is 0. The molecule has 72 valence electrons. The van der Waals surface area contributed by atoms with Gasteiger partial charge in [0.15, 0.2) is 0 Å². The van der Waals surface area contributed by atoms with Crippen molar-refractivity contribution in [3.63, 3.8) is 0 Å². The summed E-state index contributed by atoms with van der Waals surface area (Å²) < 4.78 is 4.65. The number of rotatable bonds is 1. The van der Waals surface area contributed by atoms with Crippen LogP contribution in [-0.2, 0) is 14.3 Å². The van der Waals surface area contributed by atoms with E-state index >= 15 is 0 Å². The summed E-state index contributed by atoms with van der Waals surface area (Å²) in [5, 5.41) is 0.227. The van der Waals surface area contributed by atoms with E-state index < -0.39 is 0 Å². The Morgan fingerprint density at radius 2 is 2.46 bits per heavy atom. The van der Waals surface area contributed by atoms with Crippen molar-refractivity contribution < 1.29 is 14.3 Å². The molecular formula is C8H11NO3S. The van der Waals surface area contributed by atoms with Crippen molar-refractivity contribution in [2.45, 2.75) is 24.3 Å². The van der Waals surface area contributed by atoms with Gasteiger partial charge in [-0.2, -0.15) is 0 Å². The Hall–Kier alpha value is -0.710. The lowest BCUT2D eigenvalue weighted by molar-refractivity contribution is -0.160. The summed E-state index contributed by atoms with van der Waals surface area (Å²) in [4.78, 5) is 24.1. The Morgan fingerprint density at radius 3 is 3.08 bits per heavy atom. The van der Waals surface area contributed by atoms with Gasteiger partial charge in [-0.1, -0.05) is 0 Å². The molecule has 2 aliphatic heterocycles. The first kappa shape index (κ1) is 8.87. The van der Waals surface area contributed by atoms with E-state index in [1.165, 1.54) is 7.11 Å². The number of thioether (sulfide) groups is 1. The predicted octanol–water partition coefficient (Wildman–Crippen LogP) is 0.223. The van der Waals surface area contributed by atoms with Gasteiger partial charge in [0.1, 0.15) is 6.04 Å². The quantitative estimate of drug-likeness (QED) is 0.450. The van der Waals surface area contributed by atoms with Gasteiger partial charge in [0, 0.05) is 0 Å². The highest BCUT2D eigenvalue weighted by atomic mass is 32.2. The summed E-state index contributed by atoms with van der Waals surface area (Å²) in [6.07, 6.45) is 1.30. The zero-order valence-electron chi connectivity index (χ0n) is 7.36. The molecule has 5 heteroatoms. The van der Waals surface area contributed by atoms with Crippen LogP contribution >= 0.6 is 11.8 Å². The second kappa shape index (κ2) is 3.21. The molecule has 0 bridgehead atoms. The summed E-state index contributed by atoms with van der Waals surface area (Å²) in [7, 11) is 1.36. The maximum absolute atomic E-state index is 11.3. The predicted molar refractivity (Wildman–Crippen MR) is 48.1 cm³/mol. The van der Waals surface area contributed by atoms with Gasteiger partial charge in [0.05, 0.1) is 18.9 Å². The average molecular weight is 201 g/mol. The second-order valence-corrected chi connectivity index (χ2v) is 4.44. The zero-order chi connectivity index (χ0) is 9.42. The molecule has 2 aliphatic rings. The Labute approximate surface area is 80.6 Å². The van der Waals surface area contributed by atoms with Gasteiger partial charge in [-0.05, 0) is 12.2 Å². The van der Waals surface area contributed by atoms with Crippen LogP contribution in [0, 0.1) is 0 Å². The second-order valence-electron chi connectivity index (χ2n) is 3.16. The van der Waals surface area contributed by atoms with Crippen molar-refractivity contribution >= 4 is 23.6 Å². The Kier molecular flexibility index (Phi) is 2.19. The van der Waals surface area contributed by atoms with E-state index in [0.717, 1.165) is 12.2 Å². The van der Waals surface area contributed by atoms with E-state index in [4.69, 9.17) is 0 Å². The van der Waals surface area contributed by atoms with Gasteiger partial charge in [-0.3, -0.25) is 4.79 Å². The molecule has 0 aromatic carbocycles. The normalized spacial score (nSPS) is 32.1. The van der Waals surface area contributed by atoms with Crippen LogP contribution in [-0.4, -0.2) is 41.1 Å². The number of ether oxygens (including phenoxy) is 1. The van der Waals surface area contributed by atoms with E-state index in [0.29, 0.717) is 6.42 Å². The number of carbonyl (C=O) groups is 2. The topological polar surface area (TPSA) is 46.6 Å². The summed E-state index contributed by atoms with van der Waals surface area (Å²) in [6.45, 7) is 0. The van der Waals surface area contributed by atoms with Crippen LogP contribution in [0.15, 0.2) is 0 Å². The molecule has 1 unspecified atom stereocenters. The monoisotopic (exact) mass is 201 g/mol. The van der Waals surface area contributed by atoms with Gasteiger partial charge < -0.3 is 9.64 Å². The van der Waals surface area contributed by atoms with Gasteiger partial charge in [0.25, 0.3) is 0 Å². The highest BCUT2D eigenvalue weighted by Gasteiger charge is 2.46. The fourth-order valence-corrected chi connectivity index (χ4v) is 3.05. The lowest BCUT2D eigenvalue weighted by atomic mass is 10.1. The molecular weight excluding hydrogens is 190 g/mol. The highest BCUT2D eigenvalue weighted by Crippen LogP contribution is 2.37. The fraction of sp³-hybridized carbons (Fsp3) is 0.750. The zero-order valence-corrected chi connectivity index (χ0v) is 8.17. The first-order valence-electron chi connectivity index (χ1n) is 4.24. The standard InChI is InChI=1S/C8H11NO3S/c1-12-8(11)5-2-3-13-7-4-6(10)9(5)7/h5,7H,2-4H2,1H3/t5?,7-/m1/s1. The third kappa shape index (κ3) is 1.31. The minimum absolute atomic E-state index is 0.0765. The van der Waals surface area contributed by atoms with Crippen molar-refractivity contribution in [3.05, 3.63) is 0 Å². The molecule has 4 nitrogen and oxygen atoms in total. The first-order chi connectivity index (χ1) is 6.24. The smallest absolute Gasteiger partial charge is 0.328 e. The molecule has 2 saturated heterocycles. The highest BCUT2D eigenvalue weighted by molar-refractivity contribution is 8.00. The number of hydrogen-bond donors (Lipinski definition) is 0. The number of fused-ring (bicyclic) bond motifs is 1. The Morgan fingerprint density at radius 1 is 1.69 bits per heavy atom. The van der Waals surface area contributed by atoms with Crippen LogP contribution in [0.25, 0.3) is 0 Å².